The smallest absolute Gasteiger partial charge is 0.0809 e. The molecule has 2 aliphatic carbocycles. The molecule has 0 aromatic heterocycles. The molecule has 4 unspecified atom stereocenters. The second kappa shape index (κ2) is 4.26. The fourth-order valence-electron chi connectivity index (χ4n) is 3.21. The Morgan fingerprint density at radius 2 is 2.20 bits per heavy atom. The van der Waals surface area contributed by atoms with Crippen LogP contribution in [0.3, 0.4) is 0 Å². The number of ether oxygens (including phenoxy) is 2. The first-order chi connectivity index (χ1) is 7.42. The third kappa shape index (κ3) is 2.11. The van der Waals surface area contributed by atoms with E-state index in [-0.39, 0.29) is 0 Å². The van der Waals surface area contributed by atoms with Crippen molar-refractivity contribution in [2.75, 3.05) is 19.8 Å². The second-order valence-electron chi connectivity index (χ2n) is 5.21. The van der Waals surface area contributed by atoms with Crippen molar-refractivity contribution in [3.63, 3.8) is 0 Å². The standard InChI is InChI=1S/C13H20O2/c1-2-13(15-5-1)9-14-8-12-7-10-3-4-11(12)6-10/h3-4,10-13H,1-2,5-9H2. The lowest BCUT2D eigenvalue weighted by atomic mass is 9.95. The molecule has 1 saturated carbocycles. The molecule has 2 fully saturated rings. The zero-order valence-corrected chi connectivity index (χ0v) is 9.23. The molecule has 1 saturated heterocycles. The van der Waals surface area contributed by atoms with Gasteiger partial charge in [0.1, 0.15) is 0 Å². The van der Waals surface area contributed by atoms with E-state index >= 15 is 0 Å². The average molecular weight is 208 g/mol. The van der Waals surface area contributed by atoms with Crippen LogP contribution in [0.25, 0.3) is 0 Å². The molecule has 2 bridgehead atoms. The number of fused-ring (bicyclic) bond motifs is 2. The Balaban J connectivity index is 1.38. The fraction of sp³-hybridized carbons (Fsp3) is 0.846. The predicted molar refractivity (Wildman–Crippen MR) is 58.6 cm³/mol. The van der Waals surface area contributed by atoms with Gasteiger partial charge in [-0.1, -0.05) is 12.2 Å². The van der Waals surface area contributed by atoms with Gasteiger partial charge in [-0.15, -0.1) is 0 Å². The number of hydrogen-bond acceptors (Lipinski definition) is 2. The summed E-state index contributed by atoms with van der Waals surface area (Å²) in [7, 11) is 0. The number of hydrogen-bond donors (Lipinski definition) is 0. The molecule has 15 heavy (non-hydrogen) atoms. The summed E-state index contributed by atoms with van der Waals surface area (Å²) >= 11 is 0. The van der Waals surface area contributed by atoms with Crippen LogP contribution in [-0.4, -0.2) is 25.9 Å². The van der Waals surface area contributed by atoms with E-state index in [0.29, 0.717) is 6.10 Å². The highest BCUT2D eigenvalue weighted by Crippen LogP contribution is 2.43. The van der Waals surface area contributed by atoms with Gasteiger partial charge in [-0.3, -0.25) is 0 Å². The summed E-state index contributed by atoms with van der Waals surface area (Å²) in [5.74, 6) is 2.48. The molecular formula is C13H20O2. The van der Waals surface area contributed by atoms with Gasteiger partial charge in [-0.2, -0.15) is 0 Å². The minimum atomic E-state index is 0.388. The van der Waals surface area contributed by atoms with E-state index in [2.05, 4.69) is 12.2 Å². The Labute approximate surface area is 91.6 Å². The number of rotatable bonds is 4. The minimum absolute atomic E-state index is 0.388. The van der Waals surface area contributed by atoms with Gasteiger partial charge >= 0.3 is 0 Å². The lowest BCUT2D eigenvalue weighted by molar-refractivity contribution is 0.00239. The van der Waals surface area contributed by atoms with Gasteiger partial charge in [-0.05, 0) is 43.4 Å². The lowest BCUT2D eigenvalue weighted by Gasteiger charge is -2.19. The van der Waals surface area contributed by atoms with E-state index in [4.69, 9.17) is 9.47 Å². The highest BCUT2D eigenvalue weighted by Gasteiger charge is 2.35. The van der Waals surface area contributed by atoms with Crippen molar-refractivity contribution in [2.24, 2.45) is 17.8 Å². The predicted octanol–water partition coefficient (Wildman–Crippen LogP) is 2.39. The Morgan fingerprint density at radius 1 is 1.20 bits per heavy atom. The summed E-state index contributed by atoms with van der Waals surface area (Å²) < 4.78 is 11.3. The molecule has 1 aliphatic heterocycles. The zero-order chi connectivity index (χ0) is 10.1. The van der Waals surface area contributed by atoms with Gasteiger partial charge in [0, 0.05) is 6.61 Å². The molecule has 1 heterocycles. The first-order valence-electron chi connectivity index (χ1n) is 6.29. The van der Waals surface area contributed by atoms with Crippen LogP contribution in [0, 0.1) is 17.8 Å². The maximum atomic E-state index is 5.80. The molecule has 0 radical (unpaired) electrons. The van der Waals surface area contributed by atoms with E-state index in [0.717, 1.165) is 37.6 Å². The van der Waals surface area contributed by atoms with Gasteiger partial charge in [0.05, 0.1) is 19.3 Å². The van der Waals surface area contributed by atoms with Crippen molar-refractivity contribution in [1.29, 1.82) is 0 Å². The second-order valence-corrected chi connectivity index (χ2v) is 5.21. The largest absolute Gasteiger partial charge is 0.378 e. The normalized spacial score (nSPS) is 42.9. The van der Waals surface area contributed by atoms with Crippen molar-refractivity contribution in [2.45, 2.75) is 31.8 Å². The summed E-state index contributed by atoms with van der Waals surface area (Å²) in [6, 6.07) is 0. The van der Waals surface area contributed by atoms with Crippen LogP contribution >= 0.6 is 0 Å². The van der Waals surface area contributed by atoms with Crippen molar-refractivity contribution in [3.8, 4) is 0 Å². The highest BCUT2D eigenvalue weighted by atomic mass is 16.5. The SMILES string of the molecule is C1=CC2CC1CC2COCC1CCCO1. The Bertz CT molecular complexity index is 243. The molecule has 2 nitrogen and oxygen atoms in total. The van der Waals surface area contributed by atoms with E-state index in [1.807, 2.05) is 0 Å². The van der Waals surface area contributed by atoms with Crippen LogP contribution in [0.4, 0.5) is 0 Å². The molecule has 0 amide bonds. The van der Waals surface area contributed by atoms with Crippen LogP contribution in [0.5, 0.6) is 0 Å². The molecular weight excluding hydrogens is 188 g/mol. The zero-order valence-electron chi connectivity index (χ0n) is 9.23. The number of allylic oxidation sites excluding steroid dienone is 2. The summed E-state index contributed by atoms with van der Waals surface area (Å²) in [6.07, 6.45) is 10.3. The maximum absolute atomic E-state index is 5.80. The van der Waals surface area contributed by atoms with E-state index < -0.39 is 0 Å². The van der Waals surface area contributed by atoms with E-state index in [9.17, 15) is 0 Å². The molecule has 84 valence electrons. The quantitative estimate of drug-likeness (QED) is 0.660. The minimum Gasteiger partial charge on any atom is -0.378 e. The van der Waals surface area contributed by atoms with Crippen LogP contribution in [0.15, 0.2) is 12.2 Å². The summed E-state index contributed by atoms with van der Waals surface area (Å²) in [5, 5.41) is 0. The van der Waals surface area contributed by atoms with E-state index in [1.165, 1.54) is 25.7 Å². The molecule has 3 rings (SSSR count). The molecule has 0 N–H and O–H groups in total. The fourth-order valence-corrected chi connectivity index (χ4v) is 3.21. The van der Waals surface area contributed by atoms with Crippen molar-refractivity contribution < 1.29 is 9.47 Å². The lowest BCUT2D eigenvalue weighted by Crippen LogP contribution is -2.20. The molecule has 2 heteroatoms. The Morgan fingerprint density at radius 3 is 2.87 bits per heavy atom. The molecule has 0 spiro atoms. The molecule has 0 aromatic rings. The van der Waals surface area contributed by atoms with Crippen molar-refractivity contribution in [3.05, 3.63) is 12.2 Å². The van der Waals surface area contributed by atoms with Crippen LogP contribution in [0.1, 0.15) is 25.7 Å². The Kier molecular flexibility index (Phi) is 2.80. The third-order valence-electron chi connectivity index (χ3n) is 4.08. The summed E-state index contributed by atoms with van der Waals surface area (Å²) in [4.78, 5) is 0. The van der Waals surface area contributed by atoms with Gasteiger partial charge in [0.2, 0.25) is 0 Å². The van der Waals surface area contributed by atoms with Crippen molar-refractivity contribution >= 4 is 0 Å². The summed E-state index contributed by atoms with van der Waals surface area (Å²) in [5.41, 5.74) is 0. The van der Waals surface area contributed by atoms with Crippen LogP contribution in [-0.2, 0) is 9.47 Å². The highest BCUT2D eigenvalue weighted by molar-refractivity contribution is 5.09. The first kappa shape index (κ1) is 9.86. The molecule has 4 atom stereocenters. The van der Waals surface area contributed by atoms with Crippen LogP contribution < -0.4 is 0 Å². The topological polar surface area (TPSA) is 18.5 Å². The first-order valence-corrected chi connectivity index (χ1v) is 6.29. The van der Waals surface area contributed by atoms with Gasteiger partial charge in [-0.25, -0.2) is 0 Å². The van der Waals surface area contributed by atoms with Crippen molar-refractivity contribution in [1.82, 2.24) is 0 Å². The van der Waals surface area contributed by atoms with Gasteiger partial charge in [0.15, 0.2) is 0 Å². The van der Waals surface area contributed by atoms with Gasteiger partial charge < -0.3 is 9.47 Å². The van der Waals surface area contributed by atoms with Crippen LogP contribution in [0.2, 0.25) is 0 Å². The Hall–Kier alpha value is -0.340. The van der Waals surface area contributed by atoms with Gasteiger partial charge in [0.25, 0.3) is 0 Å². The maximum Gasteiger partial charge on any atom is 0.0809 e. The average Bonchev–Trinajstić information content (AvgIpc) is 2.93. The van der Waals surface area contributed by atoms with E-state index in [1.54, 1.807) is 0 Å². The summed E-state index contributed by atoms with van der Waals surface area (Å²) in [6.45, 7) is 2.70. The molecule has 3 aliphatic rings. The third-order valence-corrected chi connectivity index (χ3v) is 4.08. The monoisotopic (exact) mass is 208 g/mol. The molecule has 0 aromatic carbocycles.